The van der Waals surface area contributed by atoms with Crippen molar-refractivity contribution in [1.29, 1.82) is 0 Å². The highest BCUT2D eigenvalue weighted by atomic mass is 16.5. The van der Waals surface area contributed by atoms with Crippen LogP contribution in [0.3, 0.4) is 0 Å². The molecule has 0 aliphatic carbocycles. The highest BCUT2D eigenvalue weighted by Gasteiger charge is 2.43. The average molecular weight is 377 g/mol. The van der Waals surface area contributed by atoms with E-state index in [1.165, 1.54) is 5.56 Å². The molecular formula is C22H36N2O3. The van der Waals surface area contributed by atoms with Gasteiger partial charge in [0, 0.05) is 50.2 Å². The van der Waals surface area contributed by atoms with Gasteiger partial charge >= 0.3 is 0 Å². The van der Waals surface area contributed by atoms with Crippen LogP contribution in [0.2, 0.25) is 0 Å². The monoisotopic (exact) mass is 376 g/mol. The van der Waals surface area contributed by atoms with Crippen LogP contribution in [0.25, 0.3) is 0 Å². The average Bonchev–Trinajstić information content (AvgIpc) is 2.64. The first-order chi connectivity index (χ1) is 12.9. The van der Waals surface area contributed by atoms with Crippen molar-refractivity contribution in [2.24, 2.45) is 5.41 Å². The number of hydrogen-bond acceptors (Lipinski definition) is 5. The lowest BCUT2D eigenvalue weighted by Gasteiger charge is -2.48. The minimum Gasteiger partial charge on any atom is -0.493 e. The Bertz CT molecular complexity index is 597. The molecule has 2 saturated heterocycles. The first-order valence-electron chi connectivity index (χ1n) is 10.3. The van der Waals surface area contributed by atoms with Gasteiger partial charge in [0.25, 0.3) is 0 Å². The molecule has 5 nitrogen and oxygen atoms in total. The standard InChI is InChI=1S/C22H36N2O3/c1-21(2)18-24(11-9-22(21,3)25)17-19-7-4-5-8-20(19)27-14-6-10-23-12-15-26-16-13-23/h4-5,7-8,25H,6,9-18H2,1-3H3/t22-/m1/s1. The summed E-state index contributed by atoms with van der Waals surface area (Å²) in [5.74, 6) is 0.995. The molecule has 0 aromatic heterocycles. The fraction of sp³-hybridized carbons (Fsp3) is 0.727. The van der Waals surface area contributed by atoms with Crippen LogP contribution in [0, 0.1) is 5.41 Å². The third kappa shape index (κ3) is 5.44. The number of para-hydroxylation sites is 1. The number of hydrogen-bond donors (Lipinski definition) is 1. The van der Waals surface area contributed by atoms with Gasteiger partial charge in [-0.05, 0) is 25.8 Å². The second kappa shape index (κ2) is 8.91. The summed E-state index contributed by atoms with van der Waals surface area (Å²) in [6.45, 7) is 14.6. The number of benzene rings is 1. The van der Waals surface area contributed by atoms with Gasteiger partial charge < -0.3 is 14.6 Å². The maximum atomic E-state index is 10.6. The smallest absolute Gasteiger partial charge is 0.123 e. The summed E-state index contributed by atoms with van der Waals surface area (Å²) < 4.78 is 11.5. The summed E-state index contributed by atoms with van der Waals surface area (Å²) in [7, 11) is 0. The van der Waals surface area contributed by atoms with E-state index in [9.17, 15) is 5.11 Å². The molecule has 1 N–H and O–H groups in total. The Balaban J connectivity index is 1.50. The maximum Gasteiger partial charge on any atom is 0.123 e. The molecular weight excluding hydrogens is 340 g/mol. The van der Waals surface area contributed by atoms with E-state index in [4.69, 9.17) is 9.47 Å². The van der Waals surface area contributed by atoms with Gasteiger partial charge in [0.15, 0.2) is 0 Å². The van der Waals surface area contributed by atoms with Crippen molar-refractivity contribution in [3.05, 3.63) is 29.8 Å². The Morgan fingerprint density at radius 1 is 1.07 bits per heavy atom. The topological polar surface area (TPSA) is 45.2 Å². The first-order valence-corrected chi connectivity index (χ1v) is 10.3. The van der Waals surface area contributed by atoms with Gasteiger partial charge in [0.2, 0.25) is 0 Å². The fourth-order valence-electron chi connectivity index (χ4n) is 3.97. The zero-order valence-corrected chi connectivity index (χ0v) is 17.2. The molecule has 2 fully saturated rings. The number of likely N-dealkylation sites (tertiary alicyclic amines) is 1. The largest absolute Gasteiger partial charge is 0.493 e. The number of nitrogens with zero attached hydrogens (tertiary/aromatic N) is 2. The van der Waals surface area contributed by atoms with Crippen LogP contribution in [0.5, 0.6) is 5.75 Å². The van der Waals surface area contributed by atoms with Crippen LogP contribution in [-0.2, 0) is 11.3 Å². The number of rotatable bonds is 7. The normalized spacial score (nSPS) is 26.8. The van der Waals surface area contributed by atoms with Gasteiger partial charge in [0.1, 0.15) is 5.75 Å². The second-order valence-electron chi connectivity index (χ2n) is 8.88. The number of aliphatic hydroxyl groups is 1. The Labute approximate surface area is 164 Å². The van der Waals surface area contributed by atoms with Gasteiger partial charge in [-0.3, -0.25) is 9.80 Å². The lowest BCUT2D eigenvalue weighted by Crippen LogP contribution is -2.55. The molecule has 27 heavy (non-hydrogen) atoms. The molecule has 5 heteroatoms. The first kappa shape index (κ1) is 20.6. The Morgan fingerprint density at radius 3 is 2.56 bits per heavy atom. The number of morpholine rings is 1. The zero-order chi connectivity index (χ0) is 19.3. The predicted octanol–water partition coefficient (Wildman–Crippen LogP) is 2.77. The van der Waals surface area contributed by atoms with Crippen molar-refractivity contribution in [1.82, 2.24) is 9.80 Å². The highest BCUT2D eigenvalue weighted by molar-refractivity contribution is 5.33. The molecule has 1 atom stereocenters. The summed E-state index contributed by atoms with van der Waals surface area (Å²) in [5, 5.41) is 10.6. The molecule has 2 heterocycles. The molecule has 0 amide bonds. The molecule has 0 bridgehead atoms. The quantitative estimate of drug-likeness (QED) is 0.742. The van der Waals surface area contributed by atoms with E-state index >= 15 is 0 Å². The Kier molecular flexibility index (Phi) is 6.79. The van der Waals surface area contributed by atoms with Crippen LogP contribution in [0.15, 0.2) is 24.3 Å². The molecule has 152 valence electrons. The maximum absolute atomic E-state index is 10.6. The minimum absolute atomic E-state index is 0.112. The van der Waals surface area contributed by atoms with Crippen LogP contribution in [-0.4, -0.2) is 73.1 Å². The van der Waals surface area contributed by atoms with E-state index in [2.05, 4.69) is 41.8 Å². The predicted molar refractivity (Wildman–Crippen MR) is 108 cm³/mol. The summed E-state index contributed by atoms with van der Waals surface area (Å²) >= 11 is 0. The highest BCUT2D eigenvalue weighted by Crippen LogP contribution is 2.38. The van der Waals surface area contributed by atoms with E-state index in [0.29, 0.717) is 0 Å². The van der Waals surface area contributed by atoms with E-state index in [0.717, 1.165) is 77.7 Å². The van der Waals surface area contributed by atoms with Crippen LogP contribution >= 0.6 is 0 Å². The molecule has 1 aromatic rings. The lowest BCUT2D eigenvalue weighted by molar-refractivity contribution is -0.107. The molecule has 0 spiro atoms. The van der Waals surface area contributed by atoms with E-state index in [1.807, 2.05) is 13.0 Å². The SMILES string of the molecule is CC1(C)CN(Cc2ccccc2OCCCN2CCOCC2)CC[C@@]1(C)O. The van der Waals surface area contributed by atoms with E-state index < -0.39 is 5.60 Å². The van der Waals surface area contributed by atoms with Crippen molar-refractivity contribution < 1.29 is 14.6 Å². The van der Waals surface area contributed by atoms with Gasteiger partial charge in [-0.15, -0.1) is 0 Å². The molecule has 0 radical (unpaired) electrons. The molecule has 2 aliphatic heterocycles. The van der Waals surface area contributed by atoms with Crippen LogP contribution in [0.1, 0.15) is 39.2 Å². The van der Waals surface area contributed by atoms with E-state index in [-0.39, 0.29) is 5.41 Å². The van der Waals surface area contributed by atoms with Crippen molar-refractivity contribution in [2.45, 2.75) is 45.8 Å². The van der Waals surface area contributed by atoms with Gasteiger partial charge in [-0.1, -0.05) is 32.0 Å². The molecule has 1 aromatic carbocycles. The van der Waals surface area contributed by atoms with Crippen LogP contribution < -0.4 is 4.74 Å². The van der Waals surface area contributed by atoms with E-state index in [1.54, 1.807) is 0 Å². The van der Waals surface area contributed by atoms with Crippen molar-refractivity contribution in [2.75, 3.05) is 52.5 Å². The summed E-state index contributed by atoms with van der Waals surface area (Å²) in [5.41, 5.74) is 0.527. The molecule has 3 rings (SSSR count). The van der Waals surface area contributed by atoms with Crippen molar-refractivity contribution >= 4 is 0 Å². The number of piperidine rings is 1. The van der Waals surface area contributed by atoms with Gasteiger partial charge in [0.05, 0.1) is 25.4 Å². The van der Waals surface area contributed by atoms with Crippen molar-refractivity contribution in [3.63, 3.8) is 0 Å². The summed E-state index contributed by atoms with van der Waals surface area (Å²) in [6, 6.07) is 8.37. The second-order valence-corrected chi connectivity index (χ2v) is 8.88. The Hall–Kier alpha value is -1.14. The third-order valence-corrected chi connectivity index (χ3v) is 6.34. The van der Waals surface area contributed by atoms with Gasteiger partial charge in [-0.2, -0.15) is 0 Å². The molecule has 0 saturated carbocycles. The molecule has 2 aliphatic rings. The fourth-order valence-corrected chi connectivity index (χ4v) is 3.97. The van der Waals surface area contributed by atoms with Crippen LogP contribution in [0.4, 0.5) is 0 Å². The third-order valence-electron chi connectivity index (χ3n) is 6.34. The number of ether oxygens (including phenoxy) is 2. The Morgan fingerprint density at radius 2 is 1.81 bits per heavy atom. The lowest BCUT2D eigenvalue weighted by atomic mass is 9.71. The molecule has 0 unspecified atom stereocenters. The zero-order valence-electron chi connectivity index (χ0n) is 17.2. The minimum atomic E-state index is -0.598. The van der Waals surface area contributed by atoms with Gasteiger partial charge in [-0.25, -0.2) is 0 Å². The summed E-state index contributed by atoms with van der Waals surface area (Å²) in [4.78, 5) is 4.88. The van der Waals surface area contributed by atoms with Crippen molar-refractivity contribution in [3.8, 4) is 5.75 Å². The summed E-state index contributed by atoms with van der Waals surface area (Å²) in [6.07, 6.45) is 1.84.